The van der Waals surface area contributed by atoms with Crippen LogP contribution in [-0.2, 0) is 11.3 Å². The first-order chi connectivity index (χ1) is 9.68. The van der Waals surface area contributed by atoms with E-state index >= 15 is 0 Å². The van der Waals surface area contributed by atoms with E-state index in [9.17, 15) is 0 Å². The van der Waals surface area contributed by atoms with Gasteiger partial charge in [-0.2, -0.15) is 0 Å². The zero-order chi connectivity index (χ0) is 14.1. The molecule has 5 nitrogen and oxygen atoms in total. The largest absolute Gasteiger partial charge is 0.383 e. The molecule has 1 unspecified atom stereocenters. The van der Waals surface area contributed by atoms with Crippen LogP contribution in [0.3, 0.4) is 0 Å². The molecule has 0 saturated carbocycles. The first kappa shape index (κ1) is 13.4. The number of hydrogen-bond donors (Lipinski definition) is 1. The number of aromatic nitrogens is 3. The number of nitrogens with zero attached hydrogens (tertiary/aromatic N) is 3. The van der Waals surface area contributed by atoms with E-state index in [2.05, 4.69) is 28.4 Å². The molecular weight excluding hydrogens is 252 g/mol. The number of rotatable bonds is 3. The van der Waals surface area contributed by atoms with Crippen molar-refractivity contribution in [2.45, 2.75) is 52.2 Å². The normalized spacial score (nSPS) is 19.6. The van der Waals surface area contributed by atoms with E-state index in [-0.39, 0.29) is 0 Å². The summed E-state index contributed by atoms with van der Waals surface area (Å²) < 4.78 is 8.06. The number of ether oxygens (including phenoxy) is 1. The first-order valence-electron chi connectivity index (χ1n) is 7.36. The van der Waals surface area contributed by atoms with E-state index in [1.807, 2.05) is 0 Å². The molecule has 2 aromatic rings. The van der Waals surface area contributed by atoms with Crippen LogP contribution in [0, 0.1) is 13.8 Å². The van der Waals surface area contributed by atoms with E-state index in [0.717, 1.165) is 30.6 Å². The molecule has 0 spiro atoms. The van der Waals surface area contributed by atoms with Gasteiger partial charge in [-0.05, 0) is 45.1 Å². The summed E-state index contributed by atoms with van der Waals surface area (Å²) in [6.45, 7) is 6.05. The molecule has 1 atom stereocenters. The highest BCUT2D eigenvalue weighted by Gasteiger charge is 2.18. The van der Waals surface area contributed by atoms with Gasteiger partial charge in [0.2, 0.25) is 0 Å². The summed E-state index contributed by atoms with van der Waals surface area (Å²) in [5.41, 5.74) is 9.34. The van der Waals surface area contributed by atoms with Gasteiger partial charge in [0.1, 0.15) is 17.8 Å². The standard InChI is InChI=1S/C15H22N4O/c1-10-11(2)19(7-6-12-5-3-4-8-20-12)15-13(10)14(16)17-9-18-15/h9,12H,3-8H2,1-2H3,(H2,16,17,18). The van der Waals surface area contributed by atoms with Crippen molar-refractivity contribution in [2.75, 3.05) is 12.3 Å². The van der Waals surface area contributed by atoms with Gasteiger partial charge in [-0.15, -0.1) is 0 Å². The first-order valence-corrected chi connectivity index (χ1v) is 7.36. The van der Waals surface area contributed by atoms with Gasteiger partial charge in [0, 0.05) is 18.8 Å². The average molecular weight is 274 g/mol. The molecule has 5 heteroatoms. The summed E-state index contributed by atoms with van der Waals surface area (Å²) in [6.07, 6.45) is 6.63. The lowest BCUT2D eigenvalue weighted by Gasteiger charge is -2.23. The predicted octanol–water partition coefficient (Wildman–Crippen LogP) is 2.59. The van der Waals surface area contributed by atoms with Gasteiger partial charge < -0.3 is 15.0 Å². The zero-order valence-electron chi connectivity index (χ0n) is 12.2. The molecule has 0 amide bonds. The highest BCUT2D eigenvalue weighted by molar-refractivity contribution is 5.90. The summed E-state index contributed by atoms with van der Waals surface area (Å²) in [6, 6.07) is 0. The lowest BCUT2D eigenvalue weighted by Crippen LogP contribution is -2.21. The van der Waals surface area contributed by atoms with Crippen LogP contribution in [0.15, 0.2) is 6.33 Å². The molecule has 3 heterocycles. The van der Waals surface area contributed by atoms with Crippen LogP contribution in [0.4, 0.5) is 5.82 Å². The van der Waals surface area contributed by atoms with Crippen molar-refractivity contribution in [1.29, 1.82) is 0 Å². The van der Waals surface area contributed by atoms with Crippen LogP contribution in [0.1, 0.15) is 36.9 Å². The van der Waals surface area contributed by atoms with Crippen LogP contribution in [0.2, 0.25) is 0 Å². The van der Waals surface area contributed by atoms with E-state index < -0.39 is 0 Å². The molecule has 20 heavy (non-hydrogen) atoms. The zero-order valence-corrected chi connectivity index (χ0v) is 12.2. The van der Waals surface area contributed by atoms with Gasteiger partial charge in [0.05, 0.1) is 11.5 Å². The number of anilines is 1. The maximum Gasteiger partial charge on any atom is 0.145 e. The van der Waals surface area contributed by atoms with E-state index in [1.54, 1.807) is 6.33 Å². The second-order valence-electron chi connectivity index (χ2n) is 5.60. The highest BCUT2D eigenvalue weighted by atomic mass is 16.5. The van der Waals surface area contributed by atoms with Crippen LogP contribution in [-0.4, -0.2) is 27.2 Å². The van der Waals surface area contributed by atoms with Crippen molar-refractivity contribution < 1.29 is 4.74 Å². The third-order valence-corrected chi connectivity index (χ3v) is 4.38. The molecule has 1 aliphatic rings. The summed E-state index contributed by atoms with van der Waals surface area (Å²) in [5.74, 6) is 0.572. The van der Waals surface area contributed by atoms with Crippen molar-refractivity contribution in [3.05, 3.63) is 17.6 Å². The molecule has 1 fully saturated rings. The monoisotopic (exact) mass is 274 g/mol. The molecule has 108 valence electrons. The Morgan fingerprint density at radius 2 is 2.20 bits per heavy atom. The molecule has 1 saturated heterocycles. The van der Waals surface area contributed by atoms with Crippen LogP contribution < -0.4 is 5.73 Å². The molecule has 2 aromatic heterocycles. The van der Waals surface area contributed by atoms with Gasteiger partial charge in [-0.3, -0.25) is 0 Å². The van der Waals surface area contributed by atoms with Gasteiger partial charge in [0.15, 0.2) is 0 Å². The quantitative estimate of drug-likeness (QED) is 0.934. The topological polar surface area (TPSA) is 66.0 Å². The second-order valence-corrected chi connectivity index (χ2v) is 5.60. The maximum atomic E-state index is 5.99. The molecule has 1 aliphatic heterocycles. The van der Waals surface area contributed by atoms with Crippen molar-refractivity contribution in [3.63, 3.8) is 0 Å². The SMILES string of the molecule is Cc1c(C)n(CCC2CCCCO2)c2ncnc(N)c12. The number of nitrogen functional groups attached to an aromatic ring is 1. The molecule has 0 bridgehead atoms. The van der Waals surface area contributed by atoms with Crippen molar-refractivity contribution in [3.8, 4) is 0 Å². The fourth-order valence-corrected chi connectivity index (χ4v) is 3.08. The summed E-state index contributed by atoms with van der Waals surface area (Å²) in [7, 11) is 0. The van der Waals surface area contributed by atoms with Crippen LogP contribution in [0.5, 0.6) is 0 Å². The van der Waals surface area contributed by atoms with Crippen molar-refractivity contribution in [1.82, 2.24) is 14.5 Å². The van der Waals surface area contributed by atoms with Gasteiger partial charge in [0.25, 0.3) is 0 Å². The van der Waals surface area contributed by atoms with Crippen LogP contribution in [0.25, 0.3) is 11.0 Å². The molecule has 0 aromatic carbocycles. The number of nitrogens with two attached hydrogens (primary N) is 1. The van der Waals surface area contributed by atoms with Gasteiger partial charge >= 0.3 is 0 Å². The van der Waals surface area contributed by atoms with E-state index in [4.69, 9.17) is 10.5 Å². The number of fused-ring (bicyclic) bond motifs is 1. The fraction of sp³-hybridized carbons (Fsp3) is 0.600. The summed E-state index contributed by atoms with van der Waals surface area (Å²) in [5, 5.41) is 0.995. The Morgan fingerprint density at radius 1 is 1.35 bits per heavy atom. The molecule has 2 N–H and O–H groups in total. The Kier molecular flexibility index (Phi) is 3.61. The molecule has 0 radical (unpaired) electrons. The summed E-state index contributed by atoms with van der Waals surface area (Å²) in [4.78, 5) is 8.52. The number of hydrogen-bond acceptors (Lipinski definition) is 4. The molecule has 3 rings (SSSR count). The lowest BCUT2D eigenvalue weighted by molar-refractivity contribution is 0.00890. The Hall–Kier alpha value is -1.62. The highest BCUT2D eigenvalue weighted by Crippen LogP contribution is 2.27. The molecule has 0 aliphatic carbocycles. The summed E-state index contributed by atoms with van der Waals surface area (Å²) >= 11 is 0. The minimum Gasteiger partial charge on any atom is -0.383 e. The Balaban J connectivity index is 1.87. The molecular formula is C15H22N4O. The third-order valence-electron chi connectivity index (χ3n) is 4.38. The number of aryl methyl sites for hydroxylation is 2. The van der Waals surface area contributed by atoms with Gasteiger partial charge in [-0.1, -0.05) is 0 Å². The predicted molar refractivity (Wildman–Crippen MR) is 79.6 cm³/mol. The average Bonchev–Trinajstić information content (AvgIpc) is 2.71. The minimum atomic E-state index is 0.389. The fourth-order valence-electron chi connectivity index (χ4n) is 3.08. The van der Waals surface area contributed by atoms with Crippen LogP contribution >= 0.6 is 0 Å². The third kappa shape index (κ3) is 2.26. The van der Waals surface area contributed by atoms with Crippen molar-refractivity contribution >= 4 is 16.9 Å². The Morgan fingerprint density at radius 3 is 2.95 bits per heavy atom. The van der Waals surface area contributed by atoms with Crippen molar-refractivity contribution in [2.24, 2.45) is 0 Å². The van der Waals surface area contributed by atoms with E-state index in [1.165, 1.54) is 30.5 Å². The Labute approximate surface area is 119 Å². The Bertz CT molecular complexity index is 614. The smallest absolute Gasteiger partial charge is 0.145 e. The lowest BCUT2D eigenvalue weighted by atomic mass is 10.1. The minimum absolute atomic E-state index is 0.389. The second kappa shape index (κ2) is 5.40. The maximum absolute atomic E-state index is 5.99. The van der Waals surface area contributed by atoms with E-state index in [0.29, 0.717) is 11.9 Å². The van der Waals surface area contributed by atoms with Gasteiger partial charge in [-0.25, -0.2) is 9.97 Å².